The van der Waals surface area contributed by atoms with Crippen molar-refractivity contribution in [3.8, 4) is 5.75 Å². The smallest absolute Gasteiger partial charge is 0.289 e. The highest BCUT2D eigenvalue weighted by molar-refractivity contribution is 6.30. The molecule has 166 valence electrons. The van der Waals surface area contributed by atoms with Crippen molar-refractivity contribution in [2.75, 3.05) is 32.8 Å². The van der Waals surface area contributed by atoms with Gasteiger partial charge in [-0.05, 0) is 49.2 Å². The first-order chi connectivity index (χ1) is 15.1. The van der Waals surface area contributed by atoms with Gasteiger partial charge < -0.3 is 23.7 Å². The molecular weight excluding hydrogens is 420 g/mol. The molecule has 1 aromatic carbocycles. The van der Waals surface area contributed by atoms with Crippen molar-refractivity contribution in [3.05, 3.63) is 53.4 Å². The number of carbonyl (C=O) groups excluding carboxylic acids is 2. The number of halogens is 1. The minimum atomic E-state index is -0.243. The van der Waals surface area contributed by atoms with Gasteiger partial charge in [-0.3, -0.25) is 9.59 Å². The molecule has 2 aromatic rings. The van der Waals surface area contributed by atoms with E-state index in [1.807, 2.05) is 4.90 Å². The SMILES string of the molecule is O=C(COc1ccc(Cl)cc1)N1CCO[C@H](CN(C(=O)c2ccco2)C2CCCC2)C1. The summed E-state index contributed by atoms with van der Waals surface area (Å²) in [5.74, 6) is 0.717. The molecular formula is C23H27ClN2O5. The summed E-state index contributed by atoms with van der Waals surface area (Å²) in [6, 6.07) is 10.5. The Bertz CT molecular complexity index is 865. The van der Waals surface area contributed by atoms with Gasteiger partial charge in [0.25, 0.3) is 11.8 Å². The van der Waals surface area contributed by atoms with E-state index in [4.69, 9.17) is 25.5 Å². The average molecular weight is 447 g/mol. The Morgan fingerprint density at radius 2 is 1.94 bits per heavy atom. The van der Waals surface area contributed by atoms with Crippen LogP contribution in [0.3, 0.4) is 0 Å². The first-order valence-corrected chi connectivity index (χ1v) is 11.1. The Balaban J connectivity index is 1.35. The van der Waals surface area contributed by atoms with Crippen molar-refractivity contribution >= 4 is 23.4 Å². The molecule has 8 heteroatoms. The fourth-order valence-electron chi connectivity index (χ4n) is 4.20. The number of hydrogen-bond donors (Lipinski definition) is 0. The molecule has 0 N–H and O–H groups in total. The molecule has 0 unspecified atom stereocenters. The lowest BCUT2D eigenvalue weighted by Gasteiger charge is -2.37. The first kappa shape index (κ1) is 21.7. The summed E-state index contributed by atoms with van der Waals surface area (Å²) in [6.45, 7) is 1.76. The summed E-state index contributed by atoms with van der Waals surface area (Å²) in [4.78, 5) is 29.3. The van der Waals surface area contributed by atoms with Crippen molar-refractivity contribution in [3.63, 3.8) is 0 Å². The Morgan fingerprint density at radius 3 is 2.65 bits per heavy atom. The van der Waals surface area contributed by atoms with E-state index in [0.29, 0.717) is 42.8 Å². The highest BCUT2D eigenvalue weighted by Gasteiger charge is 2.33. The second kappa shape index (κ2) is 10.2. The number of hydrogen-bond acceptors (Lipinski definition) is 5. The standard InChI is InChI=1S/C23H27ClN2O5/c24-17-7-9-19(10-8-17)31-16-22(27)25-11-13-29-20(14-25)15-26(18-4-1-2-5-18)23(28)21-6-3-12-30-21/h3,6-10,12,18,20H,1-2,4-5,11,13-16H2/t20-/m0/s1. The first-order valence-electron chi connectivity index (χ1n) is 10.7. The van der Waals surface area contributed by atoms with Gasteiger partial charge in [0.2, 0.25) is 0 Å². The maximum absolute atomic E-state index is 13.0. The average Bonchev–Trinajstić information content (AvgIpc) is 3.51. The number of morpholine rings is 1. The van der Waals surface area contributed by atoms with E-state index in [9.17, 15) is 9.59 Å². The Morgan fingerprint density at radius 1 is 1.16 bits per heavy atom. The number of amides is 2. The minimum absolute atomic E-state index is 0.0496. The van der Waals surface area contributed by atoms with Gasteiger partial charge in [0.15, 0.2) is 12.4 Å². The van der Waals surface area contributed by atoms with Crippen LogP contribution >= 0.6 is 11.6 Å². The van der Waals surface area contributed by atoms with Gasteiger partial charge in [-0.25, -0.2) is 0 Å². The summed E-state index contributed by atoms with van der Waals surface area (Å²) in [5, 5.41) is 0.616. The van der Waals surface area contributed by atoms with Crippen molar-refractivity contribution in [1.82, 2.24) is 9.80 Å². The number of nitrogens with zero attached hydrogens (tertiary/aromatic N) is 2. The number of ether oxygens (including phenoxy) is 2. The van der Waals surface area contributed by atoms with E-state index in [2.05, 4.69) is 0 Å². The van der Waals surface area contributed by atoms with Crippen LogP contribution in [0, 0.1) is 0 Å². The van der Waals surface area contributed by atoms with Crippen LogP contribution in [0.1, 0.15) is 36.2 Å². The lowest BCUT2D eigenvalue weighted by atomic mass is 10.1. The van der Waals surface area contributed by atoms with Gasteiger partial charge in [0.1, 0.15) is 5.75 Å². The van der Waals surface area contributed by atoms with Gasteiger partial charge in [0, 0.05) is 30.7 Å². The third-order valence-corrected chi connectivity index (χ3v) is 6.08. The zero-order valence-corrected chi connectivity index (χ0v) is 18.1. The largest absolute Gasteiger partial charge is 0.484 e. The van der Waals surface area contributed by atoms with Crippen LogP contribution in [-0.4, -0.2) is 66.6 Å². The summed E-state index contributed by atoms with van der Waals surface area (Å²) < 4.78 is 16.9. The molecule has 2 amide bonds. The fraction of sp³-hybridized carbons (Fsp3) is 0.478. The van der Waals surface area contributed by atoms with Crippen LogP contribution < -0.4 is 4.74 Å². The lowest BCUT2D eigenvalue weighted by molar-refractivity contribution is -0.141. The molecule has 1 saturated heterocycles. The van der Waals surface area contributed by atoms with Gasteiger partial charge in [-0.15, -0.1) is 0 Å². The normalized spacial score (nSPS) is 19.4. The zero-order valence-electron chi connectivity index (χ0n) is 17.4. The molecule has 1 saturated carbocycles. The van der Waals surface area contributed by atoms with E-state index in [-0.39, 0.29) is 30.6 Å². The second-order valence-corrected chi connectivity index (χ2v) is 8.38. The van der Waals surface area contributed by atoms with E-state index >= 15 is 0 Å². The number of benzene rings is 1. The van der Waals surface area contributed by atoms with E-state index < -0.39 is 0 Å². The second-order valence-electron chi connectivity index (χ2n) is 7.95. The van der Waals surface area contributed by atoms with Crippen molar-refractivity contribution < 1.29 is 23.5 Å². The molecule has 31 heavy (non-hydrogen) atoms. The Kier molecular flexibility index (Phi) is 7.14. The number of rotatable bonds is 7. The lowest BCUT2D eigenvalue weighted by Crippen LogP contribution is -2.53. The summed E-state index contributed by atoms with van der Waals surface area (Å²) in [6.07, 6.45) is 5.47. The third-order valence-electron chi connectivity index (χ3n) is 5.83. The maximum Gasteiger partial charge on any atom is 0.289 e. The van der Waals surface area contributed by atoms with Gasteiger partial charge >= 0.3 is 0 Å². The summed E-state index contributed by atoms with van der Waals surface area (Å²) in [5.41, 5.74) is 0. The highest BCUT2D eigenvalue weighted by atomic mass is 35.5. The third kappa shape index (κ3) is 5.60. The fourth-order valence-corrected chi connectivity index (χ4v) is 4.32. The van der Waals surface area contributed by atoms with Crippen LogP contribution in [0.2, 0.25) is 5.02 Å². The molecule has 4 rings (SSSR count). The molecule has 0 bridgehead atoms. The topological polar surface area (TPSA) is 72.2 Å². The van der Waals surface area contributed by atoms with E-state index in [1.165, 1.54) is 6.26 Å². The molecule has 0 spiro atoms. The predicted octanol–water partition coefficient (Wildman–Crippen LogP) is 3.62. The monoisotopic (exact) mass is 446 g/mol. The quantitative estimate of drug-likeness (QED) is 0.649. The van der Waals surface area contributed by atoms with Crippen LogP contribution in [0.4, 0.5) is 0 Å². The van der Waals surface area contributed by atoms with Gasteiger partial charge in [0.05, 0.1) is 19.0 Å². The van der Waals surface area contributed by atoms with Crippen LogP contribution in [0.25, 0.3) is 0 Å². The molecule has 2 fully saturated rings. The van der Waals surface area contributed by atoms with E-state index in [1.54, 1.807) is 41.3 Å². The molecule has 2 heterocycles. The maximum atomic E-state index is 13.0. The number of furan rings is 1. The Hall–Kier alpha value is -2.51. The van der Waals surface area contributed by atoms with Crippen LogP contribution in [0.15, 0.2) is 47.1 Å². The van der Waals surface area contributed by atoms with Crippen molar-refractivity contribution in [2.45, 2.75) is 37.8 Å². The number of carbonyl (C=O) groups is 2. The van der Waals surface area contributed by atoms with Crippen LogP contribution in [0.5, 0.6) is 5.75 Å². The molecule has 1 aromatic heterocycles. The predicted molar refractivity (Wildman–Crippen MR) is 115 cm³/mol. The van der Waals surface area contributed by atoms with Crippen molar-refractivity contribution in [1.29, 1.82) is 0 Å². The van der Waals surface area contributed by atoms with E-state index in [0.717, 1.165) is 25.7 Å². The summed E-state index contributed by atoms with van der Waals surface area (Å²) in [7, 11) is 0. The van der Waals surface area contributed by atoms with Crippen molar-refractivity contribution in [2.24, 2.45) is 0 Å². The molecule has 0 radical (unpaired) electrons. The highest BCUT2D eigenvalue weighted by Crippen LogP contribution is 2.26. The molecule has 2 aliphatic rings. The van der Waals surface area contributed by atoms with Gasteiger partial charge in [-0.1, -0.05) is 24.4 Å². The molecule has 7 nitrogen and oxygen atoms in total. The molecule has 1 aliphatic carbocycles. The minimum Gasteiger partial charge on any atom is -0.484 e. The Labute approximate surface area is 186 Å². The summed E-state index contributed by atoms with van der Waals surface area (Å²) >= 11 is 5.88. The zero-order chi connectivity index (χ0) is 21.6. The van der Waals surface area contributed by atoms with Crippen LogP contribution in [-0.2, 0) is 9.53 Å². The molecule has 1 aliphatic heterocycles. The van der Waals surface area contributed by atoms with Gasteiger partial charge in [-0.2, -0.15) is 0 Å². The molecule has 1 atom stereocenters.